The highest BCUT2D eigenvalue weighted by Gasteiger charge is 2.37. The van der Waals surface area contributed by atoms with E-state index in [9.17, 15) is 9.59 Å². The fourth-order valence-electron chi connectivity index (χ4n) is 2.23. The number of carbonyl (C=O) groups excluding carboxylic acids is 2. The Morgan fingerprint density at radius 2 is 2.33 bits per heavy atom. The zero-order chi connectivity index (χ0) is 10.8. The van der Waals surface area contributed by atoms with Crippen LogP contribution in [0.4, 0.5) is 0 Å². The molecule has 5 nitrogen and oxygen atoms in total. The molecule has 0 saturated carbocycles. The number of amides is 1. The van der Waals surface area contributed by atoms with Gasteiger partial charge in [-0.2, -0.15) is 0 Å². The van der Waals surface area contributed by atoms with Crippen molar-refractivity contribution in [3.8, 4) is 0 Å². The van der Waals surface area contributed by atoms with Crippen molar-refractivity contribution in [2.45, 2.75) is 18.9 Å². The smallest absolute Gasteiger partial charge is 0.310 e. The zero-order valence-electron chi connectivity index (χ0n) is 8.77. The standard InChI is InChI=1S/C10H15NO4/c1-14-10(13)7-2-3-8-5-15-6-9(12)11(8)4-7/h7-8H,2-6H2,1H3. The van der Waals surface area contributed by atoms with Gasteiger partial charge < -0.3 is 14.4 Å². The number of ether oxygens (including phenoxy) is 2. The van der Waals surface area contributed by atoms with Crippen molar-refractivity contribution in [2.75, 3.05) is 26.9 Å². The van der Waals surface area contributed by atoms with E-state index in [1.54, 1.807) is 4.90 Å². The number of piperidine rings is 1. The lowest BCUT2D eigenvalue weighted by molar-refractivity contribution is -0.158. The molecular weight excluding hydrogens is 198 g/mol. The lowest BCUT2D eigenvalue weighted by atomic mass is 9.92. The monoisotopic (exact) mass is 213 g/mol. The van der Waals surface area contributed by atoms with E-state index in [1.165, 1.54) is 7.11 Å². The topological polar surface area (TPSA) is 55.8 Å². The Labute approximate surface area is 88.3 Å². The van der Waals surface area contributed by atoms with Crippen LogP contribution in [0.1, 0.15) is 12.8 Å². The summed E-state index contributed by atoms with van der Waals surface area (Å²) in [6.07, 6.45) is 1.61. The molecule has 0 N–H and O–H groups in total. The SMILES string of the molecule is COC(=O)C1CCC2COCC(=O)N2C1. The molecule has 2 saturated heterocycles. The van der Waals surface area contributed by atoms with Crippen LogP contribution in [0.5, 0.6) is 0 Å². The van der Waals surface area contributed by atoms with Crippen molar-refractivity contribution >= 4 is 11.9 Å². The molecule has 2 atom stereocenters. The third-order valence-corrected chi connectivity index (χ3v) is 3.10. The van der Waals surface area contributed by atoms with E-state index in [0.717, 1.165) is 12.8 Å². The molecule has 0 aromatic rings. The largest absolute Gasteiger partial charge is 0.469 e. The fourth-order valence-corrected chi connectivity index (χ4v) is 2.23. The summed E-state index contributed by atoms with van der Waals surface area (Å²) in [6.45, 7) is 1.23. The molecule has 0 spiro atoms. The summed E-state index contributed by atoms with van der Waals surface area (Å²) in [6, 6.07) is 0.159. The quantitative estimate of drug-likeness (QED) is 0.566. The summed E-state index contributed by atoms with van der Waals surface area (Å²) < 4.78 is 9.86. The molecule has 1 amide bonds. The summed E-state index contributed by atoms with van der Waals surface area (Å²) in [5, 5.41) is 0. The number of esters is 1. The molecule has 2 rings (SSSR count). The Morgan fingerprint density at radius 3 is 3.07 bits per heavy atom. The van der Waals surface area contributed by atoms with Crippen LogP contribution in [0.2, 0.25) is 0 Å². The first kappa shape index (κ1) is 10.4. The minimum Gasteiger partial charge on any atom is -0.469 e. The van der Waals surface area contributed by atoms with E-state index in [-0.39, 0.29) is 30.4 Å². The fraction of sp³-hybridized carbons (Fsp3) is 0.800. The van der Waals surface area contributed by atoms with E-state index in [4.69, 9.17) is 9.47 Å². The number of fused-ring (bicyclic) bond motifs is 1. The number of hydrogen-bond acceptors (Lipinski definition) is 4. The highest BCUT2D eigenvalue weighted by Crippen LogP contribution is 2.25. The van der Waals surface area contributed by atoms with Crippen LogP contribution in [0, 0.1) is 5.92 Å². The molecular formula is C10H15NO4. The van der Waals surface area contributed by atoms with Crippen molar-refractivity contribution in [3.05, 3.63) is 0 Å². The number of nitrogens with zero attached hydrogens (tertiary/aromatic N) is 1. The molecule has 0 bridgehead atoms. The van der Waals surface area contributed by atoms with Gasteiger partial charge in [-0.3, -0.25) is 9.59 Å². The number of carbonyl (C=O) groups is 2. The maximum atomic E-state index is 11.5. The van der Waals surface area contributed by atoms with Crippen LogP contribution in [0.3, 0.4) is 0 Å². The summed E-state index contributed by atoms with van der Waals surface area (Å²) in [5.41, 5.74) is 0. The Morgan fingerprint density at radius 1 is 1.53 bits per heavy atom. The van der Waals surface area contributed by atoms with Crippen LogP contribution in [0.25, 0.3) is 0 Å². The van der Waals surface area contributed by atoms with Gasteiger partial charge in [-0.15, -0.1) is 0 Å². The minimum atomic E-state index is -0.215. The van der Waals surface area contributed by atoms with E-state index < -0.39 is 0 Å². The first-order chi connectivity index (χ1) is 7.22. The Bertz CT molecular complexity index is 279. The van der Waals surface area contributed by atoms with Crippen LogP contribution in [-0.2, 0) is 19.1 Å². The molecule has 5 heteroatoms. The van der Waals surface area contributed by atoms with E-state index >= 15 is 0 Å². The number of rotatable bonds is 1. The van der Waals surface area contributed by atoms with Crippen LogP contribution < -0.4 is 0 Å². The van der Waals surface area contributed by atoms with Gasteiger partial charge in [0.05, 0.1) is 25.7 Å². The molecule has 2 fully saturated rings. The Kier molecular flexibility index (Phi) is 2.90. The van der Waals surface area contributed by atoms with Gasteiger partial charge in [0.1, 0.15) is 6.61 Å². The van der Waals surface area contributed by atoms with Gasteiger partial charge in [0.2, 0.25) is 5.91 Å². The molecule has 2 heterocycles. The summed E-state index contributed by atoms with van der Waals surface area (Å²) in [4.78, 5) is 24.6. The maximum Gasteiger partial charge on any atom is 0.310 e. The van der Waals surface area contributed by atoms with Crippen LogP contribution in [0.15, 0.2) is 0 Å². The molecule has 0 aliphatic carbocycles. The maximum absolute atomic E-state index is 11.5. The van der Waals surface area contributed by atoms with Gasteiger partial charge in [0, 0.05) is 6.54 Å². The average molecular weight is 213 g/mol. The van der Waals surface area contributed by atoms with Crippen molar-refractivity contribution < 1.29 is 19.1 Å². The predicted octanol–water partition coefficient (Wildman–Crippen LogP) is -0.203. The number of morpholine rings is 1. The lowest BCUT2D eigenvalue weighted by Crippen LogP contribution is -2.54. The molecule has 84 valence electrons. The lowest BCUT2D eigenvalue weighted by Gasteiger charge is -2.41. The van der Waals surface area contributed by atoms with E-state index in [1.807, 2.05) is 0 Å². The van der Waals surface area contributed by atoms with Gasteiger partial charge in [-0.1, -0.05) is 0 Å². The molecule has 15 heavy (non-hydrogen) atoms. The molecule has 0 aromatic heterocycles. The van der Waals surface area contributed by atoms with Crippen molar-refractivity contribution in [1.82, 2.24) is 4.90 Å². The third kappa shape index (κ3) is 1.97. The minimum absolute atomic E-state index is 0.0140. The van der Waals surface area contributed by atoms with Gasteiger partial charge in [0.25, 0.3) is 0 Å². The zero-order valence-corrected chi connectivity index (χ0v) is 8.77. The molecule has 0 aromatic carbocycles. The molecule has 0 radical (unpaired) electrons. The number of methoxy groups -OCH3 is 1. The first-order valence-corrected chi connectivity index (χ1v) is 5.17. The molecule has 2 aliphatic heterocycles. The third-order valence-electron chi connectivity index (χ3n) is 3.10. The second kappa shape index (κ2) is 4.18. The summed E-state index contributed by atoms with van der Waals surface area (Å²) >= 11 is 0. The van der Waals surface area contributed by atoms with Gasteiger partial charge in [-0.25, -0.2) is 0 Å². The second-order valence-electron chi connectivity index (χ2n) is 4.01. The first-order valence-electron chi connectivity index (χ1n) is 5.17. The summed E-state index contributed by atoms with van der Waals surface area (Å²) in [5.74, 6) is -0.388. The van der Waals surface area contributed by atoms with Gasteiger partial charge >= 0.3 is 5.97 Å². The van der Waals surface area contributed by atoms with Crippen LogP contribution >= 0.6 is 0 Å². The Balaban J connectivity index is 2.02. The molecule has 2 aliphatic rings. The van der Waals surface area contributed by atoms with Crippen molar-refractivity contribution in [2.24, 2.45) is 5.92 Å². The highest BCUT2D eigenvalue weighted by molar-refractivity contribution is 5.80. The summed E-state index contributed by atoms with van der Waals surface area (Å²) in [7, 11) is 1.38. The van der Waals surface area contributed by atoms with Gasteiger partial charge in [0.15, 0.2) is 0 Å². The highest BCUT2D eigenvalue weighted by atomic mass is 16.5. The second-order valence-corrected chi connectivity index (χ2v) is 4.01. The van der Waals surface area contributed by atoms with E-state index in [0.29, 0.717) is 13.2 Å². The Hall–Kier alpha value is -1.10. The predicted molar refractivity (Wildman–Crippen MR) is 51.1 cm³/mol. The molecule has 2 unspecified atom stereocenters. The van der Waals surface area contributed by atoms with E-state index in [2.05, 4.69) is 0 Å². The van der Waals surface area contributed by atoms with Crippen molar-refractivity contribution in [1.29, 1.82) is 0 Å². The number of hydrogen-bond donors (Lipinski definition) is 0. The van der Waals surface area contributed by atoms with Crippen molar-refractivity contribution in [3.63, 3.8) is 0 Å². The van der Waals surface area contributed by atoms with Crippen LogP contribution in [-0.4, -0.2) is 49.7 Å². The van der Waals surface area contributed by atoms with Gasteiger partial charge in [-0.05, 0) is 12.8 Å². The average Bonchev–Trinajstić information content (AvgIpc) is 2.28. The normalized spacial score (nSPS) is 31.0.